The minimum Gasteiger partial charge on any atom is -0.271 e. The van der Waals surface area contributed by atoms with Crippen molar-refractivity contribution < 1.29 is 0 Å². The Morgan fingerprint density at radius 1 is 1.24 bits per heavy atom. The first-order chi connectivity index (χ1) is 9.79. The Bertz CT molecular complexity index is 446. The van der Waals surface area contributed by atoms with E-state index in [0.717, 1.165) is 25.7 Å². The molecule has 0 spiro atoms. The first-order valence-electron chi connectivity index (χ1n) is 7.97. The van der Waals surface area contributed by atoms with Gasteiger partial charge in [-0.2, -0.15) is 0 Å². The van der Waals surface area contributed by atoms with E-state index >= 15 is 0 Å². The van der Waals surface area contributed by atoms with Crippen LogP contribution in [0.2, 0.25) is 0 Å². The van der Waals surface area contributed by atoms with Gasteiger partial charge in [0, 0.05) is 6.04 Å². The standard InChI is InChI=1S/C19H32N2/c1-7-8-9-10-17(21-20)13-18-14(2)11-16(12-15(18)3)19(4,5)6/h7,11-12,17,21H,1,8-10,13,20H2,2-6H3. The summed E-state index contributed by atoms with van der Waals surface area (Å²) in [4.78, 5) is 0. The number of unbranched alkanes of at least 4 members (excludes halogenated alkanes) is 1. The highest BCUT2D eigenvalue weighted by Gasteiger charge is 2.17. The second kappa shape index (κ2) is 7.77. The predicted molar refractivity (Wildman–Crippen MR) is 93.5 cm³/mol. The molecule has 2 nitrogen and oxygen atoms in total. The first kappa shape index (κ1) is 17.9. The molecule has 0 fully saturated rings. The average Bonchev–Trinajstić information content (AvgIpc) is 2.39. The lowest BCUT2D eigenvalue weighted by atomic mass is 9.82. The van der Waals surface area contributed by atoms with E-state index in [1.165, 1.54) is 22.3 Å². The number of rotatable bonds is 7. The predicted octanol–water partition coefficient (Wildman–Crippen LogP) is 4.33. The zero-order valence-corrected chi connectivity index (χ0v) is 14.4. The summed E-state index contributed by atoms with van der Waals surface area (Å²) in [6.45, 7) is 15.0. The molecule has 0 amide bonds. The maximum atomic E-state index is 5.73. The Balaban J connectivity index is 2.90. The molecule has 1 atom stereocenters. The van der Waals surface area contributed by atoms with Gasteiger partial charge in [0.05, 0.1) is 0 Å². The molecule has 0 saturated carbocycles. The second-order valence-corrected chi connectivity index (χ2v) is 7.13. The van der Waals surface area contributed by atoms with Crippen LogP contribution < -0.4 is 11.3 Å². The Hall–Kier alpha value is -1.12. The van der Waals surface area contributed by atoms with Gasteiger partial charge in [-0.05, 0) is 67.2 Å². The van der Waals surface area contributed by atoms with Crippen molar-refractivity contribution in [1.82, 2.24) is 5.43 Å². The number of aryl methyl sites for hydroxylation is 2. The number of benzene rings is 1. The molecule has 1 aromatic carbocycles. The Morgan fingerprint density at radius 3 is 2.24 bits per heavy atom. The highest BCUT2D eigenvalue weighted by atomic mass is 15.2. The molecule has 3 N–H and O–H groups in total. The number of allylic oxidation sites excluding steroid dienone is 1. The Morgan fingerprint density at radius 2 is 1.81 bits per heavy atom. The van der Waals surface area contributed by atoms with Gasteiger partial charge in [0.15, 0.2) is 0 Å². The summed E-state index contributed by atoms with van der Waals surface area (Å²) in [5, 5.41) is 0. The highest BCUT2D eigenvalue weighted by molar-refractivity contribution is 5.40. The van der Waals surface area contributed by atoms with Crippen molar-refractivity contribution in [3.05, 3.63) is 47.0 Å². The molecule has 0 aliphatic heterocycles. The summed E-state index contributed by atoms with van der Waals surface area (Å²) in [7, 11) is 0. The van der Waals surface area contributed by atoms with E-state index < -0.39 is 0 Å². The molecule has 0 bridgehead atoms. The van der Waals surface area contributed by atoms with E-state index in [2.05, 4.69) is 58.8 Å². The van der Waals surface area contributed by atoms with Gasteiger partial charge in [-0.1, -0.05) is 39.0 Å². The smallest absolute Gasteiger partial charge is 0.0251 e. The van der Waals surface area contributed by atoms with Crippen molar-refractivity contribution >= 4 is 0 Å². The van der Waals surface area contributed by atoms with E-state index in [1.807, 2.05) is 6.08 Å². The SMILES string of the molecule is C=CCCCC(Cc1c(C)cc(C(C)(C)C)cc1C)NN. The van der Waals surface area contributed by atoms with Crippen molar-refractivity contribution in [2.24, 2.45) is 5.84 Å². The molecule has 118 valence electrons. The summed E-state index contributed by atoms with van der Waals surface area (Å²) >= 11 is 0. The fourth-order valence-corrected chi connectivity index (χ4v) is 2.75. The maximum Gasteiger partial charge on any atom is 0.0251 e. The van der Waals surface area contributed by atoms with Gasteiger partial charge in [-0.3, -0.25) is 11.3 Å². The lowest BCUT2D eigenvalue weighted by molar-refractivity contribution is 0.476. The molecule has 0 radical (unpaired) electrons. The Labute approximate surface area is 130 Å². The van der Waals surface area contributed by atoms with Crippen molar-refractivity contribution in [3.63, 3.8) is 0 Å². The van der Waals surface area contributed by atoms with Crippen molar-refractivity contribution in [1.29, 1.82) is 0 Å². The van der Waals surface area contributed by atoms with Gasteiger partial charge in [0.1, 0.15) is 0 Å². The molecule has 0 aromatic heterocycles. The lowest BCUT2D eigenvalue weighted by Crippen LogP contribution is -2.37. The van der Waals surface area contributed by atoms with Gasteiger partial charge >= 0.3 is 0 Å². The molecule has 0 heterocycles. The van der Waals surface area contributed by atoms with Crippen LogP contribution in [0.4, 0.5) is 0 Å². The number of hydrogen-bond acceptors (Lipinski definition) is 2. The second-order valence-electron chi connectivity index (χ2n) is 7.13. The number of nitrogens with one attached hydrogen (secondary N) is 1. The van der Waals surface area contributed by atoms with Crippen LogP contribution in [0, 0.1) is 13.8 Å². The van der Waals surface area contributed by atoms with Crippen LogP contribution in [-0.4, -0.2) is 6.04 Å². The van der Waals surface area contributed by atoms with Crippen LogP contribution in [0.3, 0.4) is 0 Å². The molecule has 1 unspecified atom stereocenters. The number of hydrazine groups is 1. The van der Waals surface area contributed by atoms with Crippen LogP contribution in [0.1, 0.15) is 62.3 Å². The summed E-state index contributed by atoms with van der Waals surface area (Å²) in [5.41, 5.74) is 8.77. The Kier molecular flexibility index (Phi) is 6.63. The van der Waals surface area contributed by atoms with Gasteiger partial charge in [0.2, 0.25) is 0 Å². The minimum absolute atomic E-state index is 0.198. The van der Waals surface area contributed by atoms with Gasteiger partial charge in [-0.25, -0.2) is 0 Å². The summed E-state index contributed by atoms with van der Waals surface area (Å²) in [6.07, 6.45) is 6.25. The summed E-state index contributed by atoms with van der Waals surface area (Å²) < 4.78 is 0. The van der Waals surface area contributed by atoms with Gasteiger partial charge < -0.3 is 0 Å². The molecule has 2 heteroatoms. The van der Waals surface area contributed by atoms with E-state index in [0.29, 0.717) is 6.04 Å². The van der Waals surface area contributed by atoms with Crippen LogP contribution >= 0.6 is 0 Å². The highest BCUT2D eigenvalue weighted by Crippen LogP contribution is 2.27. The third-order valence-corrected chi connectivity index (χ3v) is 4.21. The normalized spacial score (nSPS) is 13.2. The van der Waals surface area contributed by atoms with Crippen LogP contribution in [0.15, 0.2) is 24.8 Å². The molecule has 0 aliphatic carbocycles. The summed E-state index contributed by atoms with van der Waals surface area (Å²) in [5.74, 6) is 5.73. The van der Waals surface area contributed by atoms with Crippen molar-refractivity contribution in [3.8, 4) is 0 Å². The maximum absolute atomic E-state index is 5.73. The fraction of sp³-hybridized carbons (Fsp3) is 0.579. The zero-order valence-electron chi connectivity index (χ0n) is 14.4. The molecule has 0 saturated heterocycles. The molecular weight excluding hydrogens is 256 g/mol. The first-order valence-corrected chi connectivity index (χ1v) is 7.97. The molecule has 21 heavy (non-hydrogen) atoms. The average molecular weight is 288 g/mol. The molecule has 0 aliphatic rings. The van der Waals surface area contributed by atoms with Crippen molar-refractivity contribution in [2.45, 2.75) is 71.8 Å². The van der Waals surface area contributed by atoms with Crippen molar-refractivity contribution in [2.75, 3.05) is 0 Å². The van der Waals surface area contributed by atoms with E-state index in [-0.39, 0.29) is 5.41 Å². The van der Waals surface area contributed by atoms with Crippen LogP contribution in [-0.2, 0) is 11.8 Å². The van der Waals surface area contributed by atoms with E-state index in [4.69, 9.17) is 5.84 Å². The topological polar surface area (TPSA) is 38.0 Å². The van der Waals surface area contributed by atoms with Crippen LogP contribution in [0.5, 0.6) is 0 Å². The van der Waals surface area contributed by atoms with E-state index in [9.17, 15) is 0 Å². The number of hydrogen-bond donors (Lipinski definition) is 2. The monoisotopic (exact) mass is 288 g/mol. The quantitative estimate of drug-likeness (QED) is 0.339. The number of nitrogens with two attached hydrogens (primary N) is 1. The fourth-order valence-electron chi connectivity index (χ4n) is 2.75. The summed E-state index contributed by atoms with van der Waals surface area (Å²) in [6, 6.07) is 5.00. The minimum atomic E-state index is 0.198. The third kappa shape index (κ3) is 5.29. The molecular formula is C19H32N2. The largest absolute Gasteiger partial charge is 0.271 e. The van der Waals surface area contributed by atoms with E-state index in [1.54, 1.807) is 0 Å². The molecule has 1 rings (SSSR count). The van der Waals surface area contributed by atoms with Gasteiger partial charge in [0.25, 0.3) is 0 Å². The third-order valence-electron chi connectivity index (χ3n) is 4.21. The van der Waals surface area contributed by atoms with Gasteiger partial charge in [-0.15, -0.1) is 6.58 Å². The lowest BCUT2D eigenvalue weighted by Gasteiger charge is -2.24. The molecule has 1 aromatic rings. The zero-order chi connectivity index (χ0) is 16.0. The van der Waals surface area contributed by atoms with Crippen LogP contribution in [0.25, 0.3) is 0 Å².